The summed E-state index contributed by atoms with van der Waals surface area (Å²) in [6.45, 7) is 8.29. The highest BCUT2D eigenvalue weighted by Gasteiger charge is 2.37. The van der Waals surface area contributed by atoms with E-state index >= 15 is 0 Å². The number of morpholine rings is 1. The number of piperidine rings is 1. The Kier molecular flexibility index (Phi) is 8.63. The minimum absolute atomic E-state index is 0.0717. The molecule has 0 radical (unpaired) electrons. The highest BCUT2D eigenvalue weighted by atomic mass is 32.2. The molecule has 5 heterocycles. The van der Waals surface area contributed by atoms with Crippen molar-refractivity contribution in [2.45, 2.75) is 44.3 Å². The van der Waals surface area contributed by atoms with Gasteiger partial charge in [-0.2, -0.15) is 9.19 Å². The molecule has 1 aliphatic carbocycles. The lowest BCUT2D eigenvalue weighted by Gasteiger charge is -2.39. The molecule has 228 valence electrons. The Hall–Kier alpha value is -3.57. The van der Waals surface area contributed by atoms with Gasteiger partial charge in [0, 0.05) is 64.2 Å². The number of anilines is 3. The summed E-state index contributed by atoms with van der Waals surface area (Å²) in [7, 11) is -3.47. The van der Waals surface area contributed by atoms with Crippen molar-refractivity contribution in [2.75, 3.05) is 62.8 Å². The van der Waals surface area contributed by atoms with Crippen molar-refractivity contribution < 1.29 is 18.3 Å². The monoisotopic (exact) mass is 606 g/mol. The van der Waals surface area contributed by atoms with E-state index in [4.69, 9.17) is 4.74 Å². The van der Waals surface area contributed by atoms with Crippen LogP contribution in [-0.2, 0) is 14.8 Å². The first-order valence-electron chi connectivity index (χ1n) is 14.9. The molecule has 3 aliphatic rings. The zero-order valence-corrected chi connectivity index (χ0v) is 25.3. The molecule has 3 aromatic heterocycles. The molecule has 0 unspecified atom stereocenters. The number of nitrogens with zero attached hydrogens (tertiary/aromatic N) is 7. The molecule has 3 fully saturated rings. The Balaban J connectivity index is 1.20. The highest BCUT2D eigenvalue weighted by Crippen LogP contribution is 2.35. The Morgan fingerprint density at radius 1 is 1.12 bits per heavy atom. The first-order chi connectivity index (χ1) is 20.8. The molecule has 0 aromatic carbocycles. The number of ether oxygens (including phenoxy) is 1. The molecular weight excluding hydrogens is 568 g/mol. The third kappa shape index (κ3) is 6.99. The van der Waals surface area contributed by atoms with Gasteiger partial charge in [0.25, 0.3) is 10.0 Å². The SMILES string of the molecule is CC1(CO)CCN(c2cc(Nc3ccnc(-c4cnn(S(=O)(=O)C5CC5)c4)n3)ncc2C#CCCN2CCOCC2)CC1. The number of aromatic nitrogens is 5. The van der Waals surface area contributed by atoms with Crippen molar-refractivity contribution >= 4 is 27.3 Å². The standard InChI is InChI=1S/C30H38N8O4S/c1-30(22-39)8-12-37(13-9-30)26-18-28(32-19-23(26)4-2-3-11-36-14-16-42-17-15-36)34-27-7-10-31-29(35-27)24-20-33-38(21-24)43(40,41)25-5-6-25/h7,10,18-21,25,39H,3,5-6,8-9,11-17,22H2,1H3,(H,31,32,34,35). The number of aliphatic hydroxyl groups excluding tert-OH is 1. The first-order valence-corrected chi connectivity index (χ1v) is 16.4. The van der Waals surface area contributed by atoms with Gasteiger partial charge in [0.15, 0.2) is 5.82 Å². The second kappa shape index (κ2) is 12.6. The van der Waals surface area contributed by atoms with Gasteiger partial charge in [-0.3, -0.25) is 4.90 Å². The Labute approximate surface area is 252 Å². The Bertz CT molecular complexity index is 1600. The normalized spacial score (nSPS) is 19.1. The molecule has 0 amide bonds. The van der Waals surface area contributed by atoms with Crippen LogP contribution in [0.2, 0.25) is 0 Å². The van der Waals surface area contributed by atoms with Gasteiger partial charge in [-0.1, -0.05) is 18.8 Å². The summed E-state index contributed by atoms with van der Waals surface area (Å²) in [5.41, 5.74) is 2.31. The van der Waals surface area contributed by atoms with Gasteiger partial charge in [0.05, 0.1) is 47.7 Å². The van der Waals surface area contributed by atoms with Gasteiger partial charge >= 0.3 is 0 Å². The van der Waals surface area contributed by atoms with E-state index in [9.17, 15) is 13.5 Å². The zero-order valence-electron chi connectivity index (χ0n) is 24.4. The van der Waals surface area contributed by atoms with Crippen LogP contribution < -0.4 is 10.2 Å². The fourth-order valence-corrected chi connectivity index (χ4v) is 6.77. The summed E-state index contributed by atoms with van der Waals surface area (Å²) in [6, 6.07) is 3.73. The van der Waals surface area contributed by atoms with Crippen LogP contribution in [-0.4, -0.2) is 100 Å². The summed E-state index contributed by atoms with van der Waals surface area (Å²) in [5, 5.41) is 16.9. The minimum Gasteiger partial charge on any atom is -0.396 e. The maximum atomic E-state index is 12.6. The molecule has 2 saturated heterocycles. The topological polar surface area (TPSA) is 139 Å². The van der Waals surface area contributed by atoms with Crippen LogP contribution in [0.5, 0.6) is 0 Å². The third-order valence-electron chi connectivity index (χ3n) is 8.39. The molecule has 0 spiro atoms. The summed E-state index contributed by atoms with van der Waals surface area (Å²) in [4.78, 5) is 18.3. The number of aliphatic hydroxyl groups is 1. The lowest BCUT2D eigenvalue weighted by molar-refractivity contribution is 0.0390. The highest BCUT2D eigenvalue weighted by molar-refractivity contribution is 7.90. The van der Waals surface area contributed by atoms with E-state index < -0.39 is 10.0 Å². The summed E-state index contributed by atoms with van der Waals surface area (Å²) >= 11 is 0. The molecule has 13 heteroatoms. The Morgan fingerprint density at radius 2 is 1.91 bits per heavy atom. The fraction of sp³-hybridized carbons (Fsp3) is 0.533. The van der Waals surface area contributed by atoms with Crippen LogP contribution in [0.25, 0.3) is 11.4 Å². The molecule has 6 rings (SSSR count). The van der Waals surface area contributed by atoms with Crippen LogP contribution >= 0.6 is 0 Å². The number of hydrogen-bond acceptors (Lipinski definition) is 11. The zero-order chi connectivity index (χ0) is 29.9. The van der Waals surface area contributed by atoms with Gasteiger partial charge in [-0.05, 0) is 37.2 Å². The average Bonchev–Trinajstić information content (AvgIpc) is 3.78. The van der Waals surface area contributed by atoms with E-state index in [1.165, 1.54) is 12.4 Å². The number of pyridine rings is 1. The van der Waals surface area contributed by atoms with Crippen molar-refractivity contribution in [3.05, 3.63) is 42.5 Å². The van der Waals surface area contributed by atoms with E-state index in [2.05, 4.69) is 53.9 Å². The fourth-order valence-electron chi connectivity index (χ4n) is 5.29. The van der Waals surface area contributed by atoms with Gasteiger partial charge in [0.2, 0.25) is 0 Å². The van der Waals surface area contributed by atoms with Crippen LogP contribution in [0.4, 0.5) is 17.3 Å². The maximum Gasteiger partial charge on any atom is 0.256 e. The minimum atomic E-state index is -3.47. The lowest BCUT2D eigenvalue weighted by Crippen LogP contribution is -2.40. The smallest absolute Gasteiger partial charge is 0.256 e. The van der Waals surface area contributed by atoms with Crippen molar-refractivity contribution in [2.24, 2.45) is 5.41 Å². The average molecular weight is 607 g/mol. The van der Waals surface area contributed by atoms with Crippen LogP contribution in [0.15, 0.2) is 36.9 Å². The molecule has 3 aromatic rings. The predicted molar refractivity (Wildman–Crippen MR) is 164 cm³/mol. The quantitative estimate of drug-likeness (QED) is 0.348. The predicted octanol–water partition coefficient (Wildman–Crippen LogP) is 2.49. The van der Waals surface area contributed by atoms with Gasteiger partial charge in [-0.15, -0.1) is 0 Å². The number of hydrogen-bond donors (Lipinski definition) is 2. The van der Waals surface area contributed by atoms with Gasteiger partial charge in [-0.25, -0.2) is 23.4 Å². The lowest BCUT2D eigenvalue weighted by atomic mass is 9.81. The second-order valence-corrected chi connectivity index (χ2v) is 13.9. The first kappa shape index (κ1) is 29.5. The van der Waals surface area contributed by atoms with Crippen molar-refractivity contribution in [1.29, 1.82) is 0 Å². The van der Waals surface area contributed by atoms with E-state index in [0.717, 1.165) is 80.5 Å². The summed E-state index contributed by atoms with van der Waals surface area (Å²) in [5.74, 6) is 8.21. The molecule has 2 aliphatic heterocycles. The van der Waals surface area contributed by atoms with E-state index in [1.54, 1.807) is 18.5 Å². The maximum absolute atomic E-state index is 12.6. The van der Waals surface area contributed by atoms with E-state index in [1.807, 2.05) is 6.07 Å². The molecular formula is C30H38N8O4S. The molecule has 1 saturated carbocycles. The molecule has 12 nitrogen and oxygen atoms in total. The van der Waals surface area contributed by atoms with Gasteiger partial charge in [0.1, 0.15) is 11.6 Å². The molecule has 0 atom stereocenters. The second-order valence-electron chi connectivity index (χ2n) is 11.8. The number of nitrogens with one attached hydrogen (secondary N) is 1. The van der Waals surface area contributed by atoms with Crippen molar-refractivity contribution in [1.82, 2.24) is 29.0 Å². The van der Waals surface area contributed by atoms with Crippen LogP contribution in [0.1, 0.15) is 44.6 Å². The molecule has 43 heavy (non-hydrogen) atoms. The molecule has 0 bridgehead atoms. The van der Waals surface area contributed by atoms with Crippen molar-refractivity contribution in [3.8, 4) is 23.2 Å². The largest absolute Gasteiger partial charge is 0.396 e. The number of rotatable bonds is 9. The van der Waals surface area contributed by atoms with Crippen molar-refractivity contribution in [3.63, 3.8) is 0 Å². The molecule has 2 N–H and O–H groups in total. The van der Waals surface area contributed by atoms with E-state index in [-0.39, 0.29) is 17.3 Å². The Morgan fingerprint density at radius 3 is 2.65 bits per heavy atom. The summed E-state index contributed by atoms with van der Waals surface area (Å²) in [6.07, 6.45) is 10.2. The van der Waals surface area contributed by atoms with Gasteiger partial charge < -0.3 is 20.1 Å². The third-order valence-corrected chi connectivity index (χ3v) is 10.4. The van der Waals surface area contributed by atoms with Crippen LogP contribution in [0.3, 0.4) is 0 Å². The summed E-state index contributed by atoms with van der Waals surface area (Å²) < 4.78 is 31.6. The van der Waals surface area contributed by atoms with Crippen LogP contribution in [0, 0.1) is 17.3 Å². The van der Waals surface area contributed by atoms with E-state index in [0.29, 0.717) is 35.9 Å².